The Balaban J connectivity index is 1.55. The molecule has 1 atom stereocenters. The summed E-state index contributed by atoms with van der Waals surface area (Å²) in [7, 11) is 0. The Morgan fingerprint density at radius 1 is 1.07 bits per heavy atom. The van der Waals surface area contributed by atoms with Crippen molar-refractivity contribution in [3.05, 3.63) is 71.8 Å². The number of nitrogens with one attached hydrogen (secondary N) is 1. The van der Waals surface area contributed by atoms with Crippen molar-refractivity contribution in [3.8, 4) is 11.5 Å². The van der Waals surface area contributed by atoms with E-state index >= 15 is 0 Å². The molecule has 0 saturated heterocycles. The molecule has 3 aromatic carbocycles. The van der Waals surface area contributed by atoms with Crippen molar-refractivity contribution in [2.45, 2.75) is 32.0 Å². The quantitative estimate of drug-likeness (QED) is 0.556. The molecule has 0 radical (unpaired) electrons. The number of carbonyl (C=O) groups is 1. The van der Waals surface area contributed by atoms with Gasteiger partial charge in [-0.25, -0.2) is 0 Å². The van der Waals surface area contributed by atoms with Crippen molar-refractivity contribution >= 4 is 16.7 Å². The van der Waals surface area contributed by atoms with Gasteiger partial charge in [-0.2, -0.15) is 13.2 Å². The fraction of sp³-hybridized carbons (Fsp3) is 0.261. The van der Waals surface area contributed by atoms with Crippen LogP contribution in [0.2, 0.25) is 0 Å². The summed E-state index contributed by atoms with van der Waals surface area (Å²) in [6.45, 7) is 2.02. The Bertz CT molecular complexity index is 1040. The molecule has 1 fully saturated rings. The largest absolute Gasteiger partial charge is 0.457 e. The minimum atomic E-state index is -4.38. The molecule has 3 aromatic rings. The predicted molar refractivity (Wildman–Crippen MR) is 105 cm³/mol. The van der Waals surface area contributed by atoms with E-state index in [0.717, 1.165) is 35.7 Å². The maximum Gasteiger partial charge on any atom is 0.416 e. The van der Waals surface area contributed by atoms with Crippen LogP contribution in [0.5, 0.6) is 11.5 Å². The highest BCUT2D eigenvalue weighted by molar-refractivity contribution is 6.00. The topological polar surface area (TPSA) is 38.3 Å². The molecule has 1 N–H and O–H groups in total. The van der Waals surface area contributed by atoms with E-state index < -0.39 is 11.7 Å². The monoisotopic (exact) mass is 399 g/mol. The van der Waals surface area contributed by atoms with Gasteiger partial charge in [0.2, 0.25) is 0 Å². The molecule has 1 amide bonds. The van der Waals surface area contributed by atoms with Crippen LogP contribution in [0.25, 0.3) is 10.8 Å². The highest BCUT2D eigenvalue weighted by atomic mass is 19.4. The molecule has 6 heteroatoms. The van der Waals surface area contributed by atoms with Crippen molar-refractivity contribution in [1.82, 2.24) is 5.32 Å². The van der Waals surface area contributed by atoms with Gasteiger partial charge in [0.25, 0.3) is 5.91 Å². The number of carbonyl (C=O) groups excluding carboxylic acids is 1. The molecular weight excluding hydrogens is 379 g/mol. The van der Waals surface area contributed by atoms with Gasteiger partial charge in [0, 0.05) is 17.0 Å². The normalized spacial score (nSPS) is 15.2. The molecule has 150 valence electrons. The third-order valence-corrected chi connectivity index (χ3v) is 5.20. The zero-order valence-electron chi connectivity index (χ0n) is 15.8. The Labute approximate surface area is 166 Å². The summed E-state index contributed by atoms with van der Waals surface area (Å²) in [6, 6.07) is 15.5. The molecule has 1 aliphatic rings. The number of amides is 1. The third-order valence-electron chi connectivity index (χ3n) is 5.20. The van der Waals surface area contributed by atoms with Crippen LogP contribution in [-0.2, 0) is 6.18 Å². The van der Waals surface area contributed by atoms with E-state index in [9.17, 15) is 18.0 Å². The van der Waals surface area contributed by atoms with Crippen LogP contribution in [-0.4, -0.2) is 11.9 Å². The lowest BCUT2D eigenvalue weighted by Gasteiger charge is -2.14. The molecule has 4 rings (SSSR count). The van der Waals surface area contributed by atoms with Crippen molar-refractivity contribution in [1.29, 1.82) is 0 Å². The summed E-state index contributed by atoms with van der Waals surface area (Å²) in [5.41, 5.74) is -0.157. The Hall–Kier alpha value is -3.02. The average Bonchev–Trinajstić information content (AvgIpc) is 3.53. The van der Waals surface area contributed by atoms with Crippen LogP contribution in [0.3, 0.4) is 0 Å². The predicted octanol–water partition coefficient (Wildman–Crippen LogP) is 6.18. The average molecular weight is 399 g/mol. The minimum Gasteiger partial charge on any atom is -0.457 e. The zero-order chi connectivity index (χ0) is 20.6. The van der Waals surface area contributed by atoms with Gasteiger partial charge in [0.05, 0.1) is 5.56 Å². The summed E-state index contributed by atoms with van der Waals surface area (Å²) in [5.74, 6) is 1.29. The van der Waals surface area contributed by atoms with E-state index in [0.29, 0.717) is 23.0 Å². The van der Waals surface area contributed by atoms with Crippen molar-refractivity contribution in [2.24, 2.45) is 5.92 Å². The number of hydrogen-bond acceptors (Lipinski definition) is 2. The van der Waals surface area contributed by atoms with Crippen LogP contribution in [0, 0.1) is 5.92 Å². The first-order chi connectivity index (χ1) is 13.8. The summed E-state index contributed by atoms with van der Waals surface area (Å²) in [6.07, 6.45) is -2.07. The second-order valence-corrected chi connectivity index (χ2v) is 7.42. The van der Waals surface area contributed by atoms with Gasteiger partial charge in [0.15, 0.2) is 0 Å². The first kappa shape index (κ1) is 19.3. The van der Waals surface area contributed by atoms with Crippen LogP contribution in [0.4, 0.5) is 13.2 Å². The molecule has 0 unspecified atom stereocenters. The summed E-state index contributed by atoms with van der Waals surface area (Å²) in [4.78, 5) is 12.5. The van der Waals surface area contributed by atoms with Crippen LogP contribution in [0.15, 0.2) is 60.7 Å². The number of hydrogen-bond donors (Lipinski definition) is 1. The SMILES string of the molecule is C[C@H](NC(=O)c1ccc2c(Oc3ccc(C(F)(F)F)cc3)cccc2c1)C1CC1. The Kier molecular flexibility index (Phi) is 4.94. The van der Waals surface area contributed by atoms with Crippen molar-refractivity contribution in [2.75, 3.05) is 0 Å². The van der Waals surface area contributed by atoms with Crippen LogP contribution >= 0.6 is 0 Å². The van der Waals surface area contributed by atoms with Gasteiger partial charge >= 0.3 is 6.18 Å². The lowest BCUT2D eigenvalue weighted by atomic mass is 10.1. The molecular formula is C23H20F3NO2. The minimum absolute atomic E-state index is 0.111. The molecule has 1 aliphatic carbocycles. The second kappa shape index (κ2) is 7.43. The van der Waals surface area contributed by atoms with Gasteiger partial charge < -0.3 is 10.1 Å². The first-order valence-corrected chi connectivity index (χ1v) is 9.50. The third kappa shape index (κ3) is 4.36. The smallest absolute Gasteiger partial charge is 0.416 e. The number of ether oxygens (including phenoxy) is 1. The number of benzene rings is 3. The highest BCUT2D eigenvalue weighted by Crippen LogP contribution is 2.34. The van der Waals surface area contributed by atoms with E-state index in [1.807, 2.05) is 13.0 Å². The Morgan fingerprint density at radius 2 is 1.79 bits per heavy atom. The molecule has 1 saturated carbocycles. The fourth-order valence-electron chi connectivity index (χ4n) is 3.33. The fourth-order valence-corrected chi connectivity index (χ4v) is 3.33. The van der Waals surface area contributed by atoms with E-state index in [-0.39, 0.29) is 11.9 Å². The summed E-state index contributed by atoms with van der Waals surface area (Å²) >= 11 is 0. The second-order valence-electron chi connectivity index (χ2n) is 7.42. The molecule has 0 aromatic heterocycles. The number of rotatable bonds is 5. The van der Waals surface area contributed by atoms with Crippen molar-refractivity contribution in [3.63, 3.8) is 0 Å². The number of fused-ring (bicyclic) bond motifs is 1. The van der Waals surface area contributed by atoms with Gasteiger partial charge in [-0.3, -0.25) is 4.79 Å². The number of halogens is 3. The number of alkyl halides is 3. The molecule has 29 heavy (non-hydrogen) atoms. The van der Waals surface area contributed by atoms with Gasteiger partial charge in [-0.1, -0.05) is 12.1 Å². The van der Waals surface area contributed by atoms with Gasteiger partial charge in [-0.15, -0.1) is 0 Å². The summed E-state index contributed by atoms with van der Waals surface area (Å²) < 4.78 is 43.9. The molecule has 0 bridgehead atoms. The van der Waals surface area contributed by atoms with Crippen LogP contribution < -0.4 is 10.1 Å². The zero-order valence-corrected chi connectivity index (χ0v) is 15.8. The summed E-state index contributed by atoms with van der Waals surface area (Å²) in [5, 5.41) is 4.63. The van der Waals surface area contributed by atoms with Gasteiger partial charge in [-0.05, 0) is 79.6 Å². The Morgan fingerprint density at radius 3 is 2.45 bits per heavy atom. The van der Waals surface area contributed by atoms with Crippen LogP contribution in [0.1, 0.15) is 35.7 Å². The first-order valence-electron chi connectivity index (χ1n) is 9.50. The van der Waals surface area contributed by atoms with E-state index in [1.54, 1.807) is 30.3 Å². The maximum absolute atomic E-state index is 12.7. The standard InChI is InChI=1S/C23H20F3NO2/c1-14(15-5-6-15)27-22(28)17-7-12-20-16(13-17)3-2-4-21(20)29-19-10-8-18(9-11-19)23(24,25)26/h2-4,7-15H,5-6H2,1H3,(H,27,28)/t14-/m0/s1. The van der Waals surface area contributed by atoms with Crippen molar-refractivity contribution < 1.29 is 22.7 Å². The van der Waals surface area contributed by atoms with Gasteiger partial charge in [0.1, 0.15) is 11.5 Å². The molecule has 0 spiro atoms. The van der Waals surface area contributed by atoms with E-state index in [1.165, 1.54) is 12.1 Å². The lowest BCUT2D eigenvalue weighted by molar-refractivity contribution is -0.137. The van der Waals surface area contributed by atoms with E-state index in [2.05, 4.69) is 5.32 Å². The molecule has 0 aliphatic heterocycles. The highest BCUT2D eigenvalue weighted by Gasteiger charge is 2.30. The molecule has 3 nitrogen and oxygen atoms in total. The van der Waals surface area contributed by atoms with E-state index in [4.69, 9.17) is 4.74 Å². The maximum atomic E-state index is 12.7. The lowest BCUT2D eigenvalue weighted by Crippen LogP contribution is -2.33. The molecule has 0 heterocycles.